The van der Waals surface area contributed by atoms with E-state index < -0.39 is 6.43 Å². The molecule has 0 amide bonds. The summed E-state index contributed by atoms with van der Waals surface area (Å²) in [6, 6.07) is 10.9. The zero-order chi connectivity index (χ0) is 19.5. The van der Waals surface area contributed by atoms with Crippen LogP contribution < -0.4 is 61.0 Å². The number of rotatable bonds is 6. The normalized spacial score (nSPS) is 15.8. The van der Waals surface area contributed by atoms with Gasteiger partial charge in [-0.05, 0) is 12.1 Å². The molecule has 1 aromatic carbocycles. The third-order valence-corrected chi connectivity index (χ3v) is 5.50. The van der Waals surface area contributed by atoms with Gasteiger partial charge in [-0.15, -0.1) is 16.9 Å². The molecule has 9 heteroatoms. The van der Waals surface area contributed by atoms with Crippen LogP contribution in [-0.4, -0.2) is 34.3 Å². The predicted molar refractivity (Wildman–Crippen MR) is 104 cm³/mol. The van der Waals surface area contributed by atoms with Gasteiger partial charge in [-0.25, -0.2) is 4.98 Å². The van der Waals surface area contributed by atoms with E-state index in [1.54, 1.807) is 0 Å². The molecule has 29 heavy (non-hydrogen) atoms. The number of pyridine rings is 1. The number of ether oxygens (including phenoxy) is 1. The Morgan fingerprint density at radius 1 is 1.28 bits per heavy atom. The first-order valence-corrected chi connectivity index (χ1v) is 9.72. The van der Waals surface area contributed by atoms with Gasteiger partial charge in [0.2, 0.25) is 0 Å². The van der Waals surface area contributed by atoms with Crippen molar-refractivity contribution in [3.05, 3.63) is 65.7 Å². The monoisotopic (exact) mass is 441 g/mol. The minimum Gasteiger partial charge on any atom is -0.474 e. The van der Waals surface area contributed by atoms with Crippen LogP contribution in [0.1, 0.15) is 17.7 Å². The molecule has 4 rings (SSSR count). The summed E-state index contributed by atoms with van der Waals surface area (Å²) in [6.07, 6.45) is 0.137. The van der Waals surface area contributed by atoms with E-state index in [1.165, 1.54) is 23.5 Å². The van der Waals surface area contributed by atoms with E-state index >= 15 is 0 Å². The van der Waals surface area contributed by atoms with Crippen molar-refractivity contribution in [1.29, 1.82) is 0 Å². The number of benzene rings is 1. The number of hydrogen-bond donors (Lipinski definition) is 1. The van der Waals surface area contributed by atoms with E-state index in [9.17, 15) is 13.9 Å². The fraction of sp³-hybridized carbons (Fsp3) is 0.250. The van der Waals surface area contributed by atoms with Gasteiger partial charge < -0.3 is 14.7 Å². The number of halogens is 2. The fourth-order valence-corrected chi connectivity index (χ4v) is 3.95. The second-order valence-corrected chi connectivity index (χ2v) is 7.33. The van der Waals surface area contributed by atoms with Gasteiger partial charge in [-0.3, -0.25) is 13.8 Å². The van der Waals surface area contributed by atoms with E-state index in [0.29, 0.717) is 18.1 Å². The average molecular weight is 442 g/mol. The van der Waals surface area contributed by atoms with Crippen LogP contribution in [0.25, 0.3) is 10.6 Å². The number of aliphatic hydroxyl groups is 1. The Balaban J connectivity index is 0.00000240. The molecule has 1 saturated heterocycles. The molecule has 1 atom stereocenters. The number of thiazole rings is 1. The second kappa shape index (κ2) is 10.3. The van der Waals surface area contributed by atoms with Gasteiger partial charge in [0.05, 0.1) is 18.8 Å². The average Bonchev–Trinajstić information content (AvgIpc) is 3.38. The number of hydrogen-bond acceptors (Lipinski definition) is 6. The molecule has 0 radical (unpaired) electrons. The van der Waals surface area contributed by atoms with Gasteiger partial charge in [-0.2, -0.15) is 6.07 Å². The van der Waals surface area contributed by atoms with E-state index in [0.717, 1.165) is 35.4 Å². The maximum absolute atomic E-state index is 12.5. The molecule has 1 aliphatic rings. The summed E-state index contributed by atoms with van der Waals surface area (Å²) in [6.45, 7) is 1.46. The summed E-state index contributed by atoms with van der Waals surface area (Å²) < 4.78 is 30.9. The van der Waals surface area contributed by atoms with Crippen LogP contribution in [-0.2, 0) is 6.61 Å². The Morgan fingerprint density at radius 2 is 2.14 bits per heavy atom. The van der Waals surface area contributed by atoms with Crippen molar-refractivity contribution in [3.8, 4) is 16.5 Å². The maximum Gasteiger partial charge on any atom is 1.00 e. The molecule has 5 nitrogen and oxygen atoms in total. The SMILES string of the molecule is OCc1csc(-c2cccc(N3CC[C@H](Oc4ccc([C-](F)F)cn4)C3)c2)n1.[K+]. The standard InChI is InChI=1S/C20H18F2N3O2S.K/c21-19(22)14-4-5-18(23-9-14)27-17-6-7-25(10-17)16-3-1-2-13(8-16)20-24-15(11-26)12-28-20;/h1-5,8-9,12,17,26H,6-7,10-11H2;/q-1;+1/t17-;/m0./s1. The van der Waals surface area contributed by atoms with Gasteiger partial charge >= 0.3 is 51.4 Å². The molecule has 0 unspecified atom stereocenters. The fourth-order valence-electron chi connectivity index (χ4n) is 3.14. The third kappa shape index (κ3) is 5.55. The number of aliphatic hydroxyl groups excluding tert-OH is 1. The zero-order valence-electron chi connectivity index (χ0n) is 15.9. The van der Waals surface area contributed by atoms with Crippen molar-refractivity contribution in [2.45, 2.75) is 19.1 Å². The van der Waals surface area contributed by atoms with Gasteiger partial charge in [0.15, 0.2) is 12.3 Å². The Kier molecular flexibility index (Phi) is 8.03. The van der Waals surface area contributed by atoms with Crippen molar-refractivity contribution in [2.75, 3.05) is 18.0 Å². The summed E-state index contributed by atoms with van der Waals surface area (Å²) in [4.78, 5) is 10.6. The Labute approximate surface area is 214 Å². The topological polar surface area (TPSA) is 58.5 Å². The Hall–Kier alpha value is -1.07. The molecule has 1 aliphatic heterocycles. The Morgan fingerprint density at radius 3 is 2.83 bits per heavy atom. The van der Waals surface area contributed by atoms with Crippen molar-refractivity contribution in [3.63, 3.8) is 0 Å². The molecular formula is C20H18F2KN3O2S. The molecule has 0 bridgehead atoms. The molecule has 1 fully saturated rings. The van der Waals surface area contributed by atoms with Gasteiger partial charge in [0, 0.05) is 29.6 Å². The van der Waals surface area contributed by atoms with E-state index in [2.05, 4.69) is 20.9 Å². The van der Waals surface area contributed by atoms with Crippen molar-refractivity contribution >= 4 is 17.0 Å². The predicted octanol–water partition coefficient (Wildman–Crippen LogP) is 1.14. The molecule has 0 saturated carbocycles. The first kappa shape index (κ1) is 22.6. The number of aromatic nitrogens is 2. The largest absolute Gasteiger partial charge is 1.00 e. The summed E-state index contributed by atoms with van der Waals surface area (Å²) in [5, 5.41) is 11.9. The number of nitrogens with zero attached hydrogens (tertiary/aromatic N) is 3. The van der Waals surface area contributed by atoms with Gasteiger partial charge in [0.1, 0.15) is 11.1 Å². The second-order valence-electron chi connectivity index (χ2n) is 6.47. The zero-order valence-corrected chi connectivity index (χ0v) is 19.8. The van der Waals surface area contributed by atoms with E-state index in [1.807, 2.05) is 23.6 Å². The molecule has 3 heterocycles. The molecule has 146 valence electrons. The smallest absolute Gasteiger partial charge is 0.474 e. The molecule has 1 N–H and O–H groups in total. The van der Waals surface area contributed by atoms with E-state index in [4.69, 9.17) is 4.74 Å². The van der Waals surface area contributed by atoms with Crippen LogP contribution in [0.3, 0.4) is 0 Å². The van der Waals surface area contributed by atoms with Crippen LogP contribution in [0.5, 0.6) is 5.88 Å². The first-order chi connectivity index (χ1) is 13.6. The molecule has 0 aliphatic carbocycles. The van der Waals surface area contributed by atoms with Crippen LogP contribution in [0, 0.1) is 6.43 Å². The van der Waals surface area contributed by atoms with Crippen molar-refractivity contribution < 1.29 is 70.0 Å². The van der Waals surface area contributed by atoms with Gasteiger partial charge in [-0.1, -0.05) is 24.4 Å². The summed E-state index contributed by atoms with van der Waals surface area (Å²) in [5.74, 6) is 0.352. The van der Waals surface area contributed by atoms with Crippen LogP contribution in [0.4, 0.5) is 14.5 Å². The quantitative estimate of drug-likeness (QED) is 0.459. The van der Waals surface area contributed by atoms with Gasteiger partial charge in [0.25, 0.3) is 0 Å². The first-order valence-electron chi connectivity index (χ1n) is 8.84. The third-order valence-electron chi connectivity index (χ3n) is 4.56. The summed E-state index contributed by atoms with van der Waals surface area (Å²) in [7, 11) is 0. The maximum atomic E-state index is 12.5. The summed E-state index contributed by atoms with van der Waals surface area (Å²) >= 11 is 1.51. The van der Waals surface area contributed by atoms with Crippen LogP contribution in [0.2, 0.25) is 0 Å². The molecule has 0 spiro atoms. The summed E-state index contributed by atoms with van der Waals surface area (Å²) in [5.41, 5.74) is 2.56. The van der Waals surface area contributed by atoms with Crippen LogP contribution >= 0.6 is 11.3 Å². The number of anilines is 1. The van der Waals surface area contributed by atoms with Crippen LogP contribution in [0.15, 0.2) is 48.0 Å². The van der Waals surface area contributed by atoms with E-state index in [-0.39, 0.29) is 69.7 Å². The van der Waals surface area contributed by atoms with Crippen molar-refractivity contribution in [1.82, 2.24) is 9.97 Å². The molecular weight excluding hydrogens is 423 g/mol. The minimum absolute atomic E-state index is 0. The Bertz CT molecular complexity index is 939. The molecule has 3 aromatic rings. The molecule has 2 aromatic heterocycles. The minimum atomic E-state index is -1.75. The van der Waals surface area contributed by atoms with Crippen molar-refractivity contribution in [2.24, 2.45) is 0 Å².